The van der Waals surface area contributed by atoms with Gasteiger partial charge >= 0.3 is 0 Å². The second kappa shape index (κ2) is 7.79. The minimum Gasteiger partial charge on any atom is -0.508 e. The van der Waals surface area contributed by atoms with Crippen LogP contribution in [0.1, 0.15) is 19.8 Å². The van der Waals surface area contributed by atoms with Crippen LogP contribution in [0.4, 0.5) is 0 Å². The Labute approximate surface area is 102 Å². The third kappa shape index (κ3) is 4.95. The Bertz CT molecular complexity index is 325. The molecule has 0 aliphatic heterocycles. The molecule has 0 heterocycles. The molecule has 0 aliphatic carbocycles. The van der Waals surface area contributed by atoms with Crippen molar-refractivity contribution in [3.05, 3.63) is 18.2 Å². The van der Waals surface area contributed by atoms with Crippen molar-refractivity contribution < 1.29 is 19.3 Å². The maximum Gasteiger partial charge on any atom is 0.164 e. The minimum absolute atomic E-state index is 0.161. The van der Waals surface area contributed by atoms with E-state index in [-0.39, 0.29) is 5.75 Å². The number of hydrogen-bond donors (Lipinski definition) is 1. The molecule has 1 aromatic carbocycles. The summed E-state index contributed by atoms with van der Waals surface area (Å²) in [6.45, 7) is 3.93. The predicted octanol–water partition coefficient (Wildman–Crippen LogP) is 2.60. The molecule has 0 saturated heterocycles. The van der Waals surface area contributed by atoms with Crippen molar-refractivity contribution in [3.8, 4) is 17.2 Å². The summed E-state index contributed by atoms with van der Waals surface area (Å²) >= 11 is 0. The number of unbranched alkanes of at least 4 members (excludes halogenated alkanes) is 1. The minimum atomic E-state index is 0.161. The summed E-state index contributed by atoms with van der Waals surface area (Å²) in [5.74, 6) is 1.30. The van der Waals surface area contributed by atoms with Crippen LogP contribution in [0.15, 0.2) is 18.2 Å². The van der Waals surface area contributed by atoms with E-state index in [9.17, 15) is 5.11 Å². The van der Waals surface area contributed by atoms with Crippen molar-refractivity contribution in [2.24, 2.45) is 0 Å². The summed E-state index contributed by atoms with van der Waals surface area (Å²) in [5, 5.41) is 9.28. The second-order valence-electron chi connectivity index (χ2n) is 3.65. The van der Waals surface area contributed by atoms with E-state index in [1.807, 2.05) is 0 Å². The molecule has 1 N–H and O–H groups in total. The smallest absolute Gasteiger partial charge is 0.164 e. The molecule has 0 fully saturated rings. The second-order valence-corrected chi connectivity index (χ2v) is 3.65. The third-order valence-electron chi connectivity index (χ3n) is 2.27. The van der Waals surface area contributed by atoms with Crippen LogP contribution in [-0.2, 0) is 4.74 Å². The van der Waals surface area contributed by atoms with Crippen molar-refractivity contribution in [2.75, 3.05) is 26.9 Å². The number of rotatable bonds is 8. The van der Waals surface area contributed by atoms with Gasteiger partial charge in [-0.05, 0) is 18.6 Å². The summed E-state index contributed by atoms with van der Waals surface area (Å²) in [5.41, 5.74) is 0. The molecule has 0 radical (unpaired) electrons. The number of aromatic hydroxyl groups is 1. The average Bonchev–Trinajstić information content (AvgIpc) is 2.35. The van der Waals surface area contributed by atoms with Crippen molar-refractivity contribution in [1.29, 1.82) is 0 Å². The van der Waals surface area contributed by atoms with Crippen LogP contribution in [0.3, 0.4) is 0 Å². The lowest BCUT2D eigenvalue weighted by atomic mass is 10.3. The summed E-state index contributed by atoms with van der Waals surface area (Å²) in [6.07, 6.45) is 2.20. The van der Waals surface area contributed by atoms with Gasteiger partial charge in [0.05, 0.1) is 13.7 Å². The molecule has 0 aliphatic rings. The normalized spacial score (nSPS) is 10.2. The van der Waals surface area contributed by atoms with Crippen LogP contribution < -0.4 is 9.47 Å². The highest BCUT2D eigenvalue weighted by molar-refractivity contribution is 5.44. The number of ether oxygens (including phenoxy) is 3. The van der Waals surface area contributed by atoms with Gasteiger partial charge in [0.2, 0.25) is 0 Å². The highest BCUT2D eigenvalue weighted by Gasteiger charge is 2.04. The molecule has 4 nitrogen and oxygen atoms in total. The number of methoxy groups -OCH3 is 1. The highest BCUT2D eigenvalue weighted by Crippen LogP contribution is 2.30. The number of benzene rings is 1. The van der Waals surface area contributed by atoms with Crippen molar-refractivity contribution in [3.63, 3.8) is 0 Å². The first-order chi connectivity index (χ1) is 8.27. The van der Waals surface area contributed by atoms with Crippen molar-refractivity contribution >= 4 is 0 Å². The lowest BCUT2D eigenvalue weighted by Gasteiger charge is -2.10. The first kappa shape index (κ1) is 13.6. The van der Waals surface area contributed by atoms with Crippen LogP contribution >= 0.6 is 0 Å². The summed E-state index contributed by atoms with van der Waals surface area (Å²) in [7, 11) is 1.54. The maximum atomic E-state index is 9.28. The average molecular weight is 240 g/mol. The molecule has 0 aromatic heterocycles. The molecular formula is C13H20O4. The number of phenols is 1. The van der Waals surface area contributed by atoms with E-state index < -0.39 is 0 Å². The van der Waals surface area contributed by atoms with Gasteiger partial charge in [-0.25, -0.2) is 0 Å². The Morgan fingerprint density at radius 2 is 1.94 bits per heavy atom. The lowest BCUT2D eigenvalue weighted by molar-refractivity contribution is 0.0970. The number of hydrogen-bond acceptors (Lipinski definition) is 4. The predicted molar refractivity (Wildman–Crippen MR) is 65.9 cm³/mol. The van der Waals surface area contributed by atoms with E-state index >= 15 is 0 Å². The van der Waals surface area contributed by atoms with Gasteiger partial charge in [0, 0.05) is 12.7 Å². The zero-order valence-corrected chi connectivity index (χ0v) is 10.4. The summed E-state index contributed by atoms with van der Waals surface area (Å²) < 4.78 is 16.0. The summed E-state index contributed by atoms with van der Waals surface area (Å²) in [6, 6.07) is 4.77. The van der Waals surface area contributed by atoms with Crippen LogP contribution in [0.5, 0.6) is 17.2 Å². The first-order valence-corrected chi connectivity index (χ1v) is 5.85. The molecule has 17 heavy (non-hydrogen) atoms. The van der Waals surface area contributed by atoms with Crippen LogP contribution in [0.2, 0.25) is 0 Å². The van der Waals surface area contributed by atoms with Gasteiger partial charge in [0.1, 0.15) is 12.4 Å². The summed E-state index contributed by atoms with van der Waals surface area (Å²) in [4.78, 5) is 0. The topological polar surface area (TPSA) is 47.9 Å². The van der Waals surface area contributed by atoms with Crippen molar-refractivity contribution in [2.45, 2.75) is 19.8 Å². The van der Waals surface area contributed by atoms with E-state index in [0.29, 0.717) is 24.7 Å². The Hall–Kier alpha value is -1.42. The molecule has 4 heteroatoms. The Balaban J connectivity index is 2.31. The van der Waals surface area contributed by atoms with Crippen molar-refractivity contribution in [1.82, 2.24) is 0 Å². The standard InChI is InChI=1S/C13H20O4/c1-3-4-7-16-8-9-17-12-6-5-11(14)10-13(12)15-2/h5-6,10,14H,3-4,7-9H2,1-2H3. The highest BCUT2D eigenvalue weighted by atomic mass is 16.5. The molecule has 1 aromatic rings. The molecule has 0 unspecified atom stereocenters. The largest absolute Gasteiger partial charge is 0.508 e. The molecule has 96 valence electrons. The maximum absolute atomic E-state index is 9.28. The molecule has 0 saturated carbocycles. The quantitative estimate of drug-likeness (QED) is 0.709. The van der Waals surface area contributed by atoms with Crippen LogP contribution in [0.25, 0.3) is 0 Å². The molecule has 0 atom stereocenters. The third-order valence-corrected chi connectivity index (χ3v) is 2.27. The lowest BCUT2D eigenvalue weighted by Crippen LogP contribution is -2.08. The van der Waals surface area contributed by atoms with Gasteiger partial charge in [-0.2, -0.15) is 0 Å². The fourth-order valence-electron chi connectivity index (χ4n) is 1.33. The Morgan fingerprint density at radius 1 is 1.12 bits per heavy atom. The molecule has 0 bridgehead atoms. The fourth-order valence-corrected chi connectivity index (χ4v) is 1.33. The van der Waals surface area contributed by atoms with E-state index in [2.05, 4.69) is 6.92 Å². The molecule has 0 spiro atoms. The zero-order valence-electron chi connectivity index (χ0n) is 10.4. The fraction of sp³-hybridized carbons (Fsp3) is 0.538. The van der Waals surface area contributed by atoms with Gasteiger partial charge in [-0.1, -0.05) is 13.3 Å². The van der Waals surface area contributed by atoms with Gasteiger partial charge < -0.3 is 19.3 Å². The van der Waals surface area contributed by atoms with Gasteiger partial charge in [0.25, 0.3) is 0 Å². The SMILES string of the molecule is CCCCOCCOc1ccc(O)cc1OC. The van der Waals surface area contributed by atoms with E-state index in [4.69, 9.17) is 14.2 Å². The van der Waals surface area contributed by atoms with Gasteiger partial charge in [-0.15, -0.1) is 0 Å². The molecular weight excluding hydrogens is 220 g/mol. The Kier molecular flexibility index (Phi) is 6.25. The number of phenolic OH excluding ortho intramolecular Hbond substituents is 1. The van der Waals surface area contributed by atoms with E-state index in [1.165, 1.54) is 6.07 Å². The molecule has 0 amide bonds. The zero-order chi connectivity index (χ0) is 12.5. The Morgan fingerprint density at radius 3 is 2.65 bits per heavy atom. The van der Waals surface area contributed by atoms with E-state index in [1.54, 1.807) is 19.2 Å². The van der Waals surface area contributed by atoms with Crippen LogP contribution in [-0.4, -0.2) is 32.0 Å². The monoisotopic (exact) mass is 240 g/mol. The van der Waals surface area contributed by atoms with Crippen LogP contribution in [0, 0.1) is 0 Å². The van der Waals surface area contributed by atoms with Gasteiger partial charge in [-0.3, -0.25) is 0 Å². The van der Waals surface area contributed by atoms with Gasteiger partial charge in [0.15, 0.2) is 11.5 Å². The first-order valence-electron chi connectivity index (χ1n) is 5.85. The molecule has 1 rings (SSSR count). The van der Waals surface area contributed by atoms with E-state index in [0.717, 1.165) is 19.4 Å².